The fraction of sp³-hybridized carbons (Fsp3) is 0.833. The maximum atomic E-state index is 5.50. The van der Waals surface area contributed by atoms with E-state index in [9.17, 15) is 0 Å². The predicted molar refractivity (Wildman–Crippen MR) is 43.6 cm³/mol. The number of aromatic nitrogens is 4. The lowest BCUT2D eigenvalue weighted by Crippen LogP contribution is -2.51. The fourth-order valence-corrected chi connectivity index (χ4v) is 1.37. The Hall–Kier alpha value is -1.17. The predicted octanol–water partition coefficient (Wildman–Crippen LogP) is -1.39. The average Bonchev–Trinajstić information content (AvgIpc) is 2.35. The zero-order valence-corrected chi connectivity index (χ0v) is 7.01. The average molecular weight is 168 g/mol. The van der Waals surface area contributed by atoms with E-state index in [0.29, 0.717) is 5.92 Å². The van der Waals surface area contributed by atoms with Crippen molar-refractivity contribution in [1.82, 2.24) is 20.2 Å². The minimum absolute atomic E-state index is 0.613. The fourth-order valence-electron chi connectivity index (χ4n) is 1.37. The van der Waals surface area contributed by atoms with Gasteiger partial charge in [0.25, 0.3) is 0 Å². The second kappa shape index (κ2) is 2.71. The summed E-state index contributed by atoms with van der Waals surface area (Å²) < 4.78 is 1.67. The number of nitrogens with zero attached hydrogens (tertiary/aromatic N) is 5. The molecule has 0 aromatic carbocycles. The Morgan fingerprint density at radius 2 is 2.33 bits per heavy atom. The van der Waals surface area contributed by atoms with Crippen molar-refractivity contribution in [3.05, 3.63) is 0 Å². The molecule has 0 aliphatic carbocycles. The van der Waals surface area contributed by atoms with Crippen molar-refractivity contribution in [1.29, 1.82) is 0 Å². The summed E-state index contributed by atoms with van der Waals surface area (Å²) >= 11 is 0. The molecule has 66 valence electrons. The van der Waals surface area contributed by atoms with E-state index in [4.69, 9.17) is 5.73 Å². The molecule has 1 aromatic heterocycles. The van der Waals surface area contributed by atoms with E-state index in [1.807, 2.05) is 7.05 Å². The normalized spacial score (nSPS) is 18.0. The van der Waals surface area contributed by atoms with Crippen molar-refractivity contribution in [3.63, 3.8) is 0 Å². The molecule has 1 aliphatic rings. The van der Waals surface area contributed by atoms with Gasteiger partial charge in [-0.05, 0) is 17.0 Å². The molecule has 1 aromatic rings. The molecule has 0 radical (unpaired) electrons. The quantitative estimate of drug-likeness (QED) is 0.588. The largest absolute Gasteiger partial charge is 0.339 e. The van der Waals surface area contributed by atoms with Crippen molar-refractivity contribution >= 4 is 5.95 Å². The number of rotatable bonds is 2. The van der Waals surface area contributed by atoms with Crippen molar-refractivity contribution in [2.45, 2.75) is 0 Å². The Balaban J connectivity index is 2.01. The molecule has 2 rings (SSSR count). The van der Waals surface area contributed by atoms with Crippen LogP contribution >= 0.6 is 0 Å². The monoisotopic (exact) mass is 168 g/mol. The number of hydrogen-bond donors (Lipinski definition) is 1. The van der Waals surface area contributed by atoms with E-state index < -0.39 is 0 Å². The van der Waals surface area contributed by atoms with Gasteiger partial charge in [-0.1, -0.05) is 5.10 Å². The topological polar surface area (TPSA) is 72.9 Å². The van der Waals surface area contributed by atoms with E-state index in [-0.39, 0.29) is 0 Å². The van der Waals surface area contributed by atoms with Crippen LogP contribution in [0.1, 0.15) is 0 Å². The van der Waals surface area contributed by atoms with Crippen LogP contribution in [0, 0.1) is 5.92 Å². The molecule has 0 saturated carbocycles. The Kier molecular flexibility index (Phi) is 1.69. The van der Waals surface area contributed by atoms with Crippen LogP contribution in [0.15, 0.2) is 0 Å². The van der Waals surface area contributed by atoms with Gasteiger partial charge in [0.15, 0.2) is 0 Å². The molecule has 1 fully saturated rings. The maximum Gasteiger partial charge on any atom is 0.245 e. The molecule has 0 unspecified atom stereocenters. The molecule has 6 heteroatoms. The number of hydrogen-bond acceptors (Lipinski definition) is 5. The van der Waals surface area contributed by atoms with Crippen molar-refractivity contribution in [2.24, 2.45) is 18.7 Å². The summed E-state index contributed by atoms with van der Waals surface area (Å²) in [4.78, 5) is 2.12. The third-order valence-corrected chi connectivity index (χ3v) is 2.17. The van der Waals surface area contributed by atoms with Gasteiger partial charge < -0.3 is 10.6 Å². The lowest BCUT2D eigenvalue weighted by atomic mass is 10.0. The second-order valence-corrected chi connectivity index (χ2v) is 3.11. The molecule has 12 heavy (non-hydrogen) atoms. The highest BCUT2D eigenvalue weighted by atomic mass is 15.6. The first-order valence-electron chi connectivity index (χ1n) is 3.98. The smallest absolute Gasteiger partial charge is 0.245 e. The summed E-state index contributed by atoms with van der Waals surface area (Å²) in [5.41, 5.74) is 5.50. The molecule has 0 spiro atoms. The Morgan fingerprint density at radius 3 is 2.83 bits per heavy atom. The molecule has 1 saturated heterocycles. The lowest BCUT2D eigenvalue weighted by Gasteiger charge is -2.38. The Morgan fingerprint density at radius 1 is 1.58 bits per heavy atom. The van der Waals surface area contributed by atoms with Crippen molar-refractivity contribution < 1.29 is 0 Å². The molecular weight excluding hydrogens is 156 g/mol. The molecule has 2 heterocycles. The third kappa shape index (κ3) is 1.04. The second-order valence-electron chi connectivity index (χ2n) is 3.11. The molecule has 1 aliphatic heterocycles. The number of anilines is 1. The molecule has 0 bridgehead atoms. The summed E-state index contributed by atoms with van der Waals surface area (Å²) in [6, 6.07) is 0. The van der Waals surface area contributed by atoms with Gasteiger partial charge in [-0.15, -0.1) is 0 Å². The van der Waals surface area contributed by atoms with Crippen molar-refractivity contribution in [2.75, 3.05) is 24.5 Å². The van der Waals surface area contributed by atoms with Crippen LogP contribution in [0.5, 0.6) is 0 Å². The van der Waals surface area contributed by atoms with Crippen LogP contribution in [0.3, 0.4) is 0 Å². The number of nitrogens with two attached hydrogens (primary N) is 1. The van der Waals surface area contributed by atoms with Gasteiger partial charge in [-0.3, -0.25) is 0 Å². The molecular formula is C6H12N6. The van der Waals surface area contributed by atoms with E-state index in [0.717, 1.165) is 25.6 Å². The van der Waals surface area contributed by atoms with Crippen LogP contribution in [0.2, 0.25) is 0 Å². The zero-order chi connectivity index (χ0) is 8.55. The Bertz CT molecular complexity index is 263. The van der Waals surface area contributed by atoms with Gasteiger partial charge in [0.1, 0.15) is 0 Å². The lowest BCUT2D eigenvalue weighted by molar-refractivity contribution is 0.408. The summed E-state index contributed by atoms with van der Waals surface area (Å²) in [6.07, 6.45) is 0. The van der Waals surface area contributed by atoms with Crippen LogP contribution in [0.4, 0.5) is 5.95 Å². The summed E-state index contributed by atoms with van der Waals surface area (Å²) in [7, 11) is 1.84. The van der Waals surface area contributed by atoms with Crippen molar-refractivity contribution in [3.8, 4) is 0 Å². The minimum atomic E-state index is 0.613. The molecule has 0 amide bonds. The van der Waals surface area contributed by atoms with Gasteiger partial charge in [-0.25, -0.2) is 4.68 Å². The standard InChI is InChI=1S/C6H12N6/c1-11-6(8-9-10-11)12-3-5(2-7)4-12/h5H,2-4,7H2,1H3. The first kappa shape index (κ1) is 7.48. The molecule has 6 nitrogen and oxygen atoms in total. The van der Waals surface area contributed by atoms with E-state index >= 15 is 0 Å². The highest BCUT2D eigenvalue weighted by Gasteiger charge is 2.28. The summed E-state index contributed by atoms with van der Waals surface area (Å²) in [6.45, 7) is 2.71. The number of aryl methyl sites for hydroxylation is 1. The van der Waals surface area contributed by atoms with E-state index in [1.165, 1.54) is 0 Å². The number of tetrazole rings is 1. The first-order valence-corrected chi connectivity index (χ1v) is 3.98. The third-order valence-electron chi connectivity index (χ3n) is 2.17. The molecule has 0 atom stereocenters. The highest BCUT2D eigenvalue weighted by Crippen LogP contribution is 2.19. The van der Waals surface area contributed by atoms with Gasteiger partial charge in [-0.2, -0.15) is 0 Å². The maximum absolute atomic E-state index is 5.50. The van der Waals surface area contributed by atoms with Gasteiger partial charge in [0.2, 0.25) is 5.95 Å². The van der Waals surface area contributed by atoms with E-state index in [2.05, 4.69) is 20.4 Å². The van der Waals surface area contributed by atoms with Gasteiger partial charge in [0.05, 0.1) is 0 Å². The minimum Gasteiger partial charge on any atom is -0.339 e. The highest BCUT2D eigenvalue weighted by molar-refractivity contribution is 5.32. The van der Waals surface area contributed by atoms with Crippen LogP contribution < -0.4 is 10.6 Å². The first-order chi connectivity index (χ1) is 5.81. The summed E-state index contributed by atoms with van der Waals surface area (Å²) in [5, 5.41) is 11.2. The van der Waals surface area contributed by atoms with Crippen LogP contribution in [-0.2, 0) is 7.05 Å². The van der Waals surface area contributed by atoms with Crippen LogP contribution in [0.25, 0.3) is 0 Å². The van der Waals surface area contributed by atoms with Crippen LogP contribution in [-0.4, -0.2) is 39.8 Å². The molecule has 2 N–H and O–H groups in total. The van der Waals surface area contributed by atoms with Gasteiger partial charge in [0, 0.05) is 26.1 Å². The Labute approximate surface area is 70.3 Å². The zero-order valence-electron chi connectivity index (χ0n) is 7.01. The van der Waals surface area contributed by atoms with E-state index in [1.54, 1.807) is 4.68 Å². The SMILES string of the molecule is Cn1nnnc1N1CC(CN)C1. The van der Waals surface area contributed by atoms with Gasteiger partial charge >= 0.3 is 0 Å². The summed E-state index contributed by atoms with van der Waals surface area (Å²) in [5.74, 6) is 1.45.